The van der Waals surface area contributed by atoms with Gasteiger partial charge in [0, 0.05) is 6.04 Å². The molecule has 0 N–H and O–H groups in total. The molecule has 3 rings (SSSR count). The molecule has 1 aliphatic heterocycles. The van der Waals surface area contributed by atoms with Gasteiger partial charge in [0.2, 0.25) is 0 Å². The van der Waals surface area contributed by atoms with Gasteiger partial charge in [0.25, 0.3) is 10.0 Å². The first-order chi connectivity index (χ1) is 10.4. The van der Waals surface area contributed by atoms with Crippen molar-refractivity contribution in [2.45, 2.75) is 24.3 Å². The molecule has 1 aliphatic rings. The van der Waals surface area contributed by atoms with Gasteiger partial charge >= 0.3 is 0 Å². The monoisotopic (exact) mass is 429 g/mol. The molecule has 0 aromatic heterocycles. The van der Waals surface area contributed by atoms with Crippen LogP contribution in [0.3, 0.4) is 0 Å². The number of halogens is 1. The molecule has 22 heavy (non-hydrogen) atoms. The standard InChI is InChI=1S/C16H16INO3S/c1-11-9-12-5-3-4-6-15(12)18(11)22(19,20)13-7-8-16(21-2)14(17)10-13/h3-8,10-11H,9H2,1-2H3/t11-/m1/s1. The van der Waals surface area contributed by atoms with Gasteiger partial charge in [0.1, 0.15) is 5.75 Å². The van der Waals surface area contributed by atoms with Crippen LogP contribution in [0.5, 0.6) is 5.75 Å². The third-order valence-corrected chi connectivity index (χ3v) is 6.59. The summed E-state index contributed by atoms with van der Waals surface area (Å²) in [4.78, 5) is 0.293. The minimum atomic E-state index is -3.58. The number of methoxy groups -OCH3 is 1. The number of rotatable bonds is 3. The van der Waals surface area contributed by atoms with E-state index in [1.54, 1.807) is 25.3 Å². The smallest absolute Gasteiger partial charge is 0.264 e. The average molecular weight is 429 g/mol. The van der Waals surface area contributed by atoms with Crippen LogP contribution in [0.4, 0.5) is 5.69 Å². The van der Waals surface area contributed by atoms with Gasteiger partial charge in [0.15, 0.2) is 0 Å². The second kappa shape index (κ2) is 5.73. The Labute approximate surface area is 144 Å². The van der Waals surface area contributed by atoms with Crippen LogP contribution in [0.1, 0.15) is 12.5 Å². The molecule has 116 valence electrons. The number of nitrogens with zero attached hydrogens (tertiary/aromatic N) is 1. The van der Waals surface area contributed by atoms with Gasteiger partial charge in [-0.15, -0.1) is 0 Å². The molecular formula is C16H16INO3S. The molecule has 0 saturated heterocycles. The number of para-hydroxylation sites is 1. The maximum absolute atomic E-state index is 13.0. The van der Waals surface area contributed by atoms with Gasteiger partial charge in [-0.1, -0.05) is 18.2 Å². The van der Waals surface area contributed by atoms with E-state index in [2.05, 4.69) is 22.6 Å². The molecule has 2 aromatic carbocycles. The predicted molar refractivity (Wildman–Crippen MR) is 95.0 cm³/mol. The van der Waals surface area contributed by atoms with Gasteiger partial charge in [-0.05, 0) is 65.8 Å². The average Bonchev–Trinajstić information content (AvgIpc) is 2.83. The highest BCUT2D eigenvalue weighted by molar-refractivity contribution is 14.1. The number of benzene rings is 2. The summed E-state index contributed by atoms with van der Waals surface area (Å²) in [5, 5.41) is 0. The van der Waals surface area contributed by atoms with Crippen LogP contribution < -0.4 is 9.04 Å². The Hall–Kier alpha value is -1.28. The van der Waals surface area contributed by atoms with E-state index in [0.717, 1.165) is 21.2 Å². The van der Waals surface area contributed by atoms with E-state index in [1.165, 1.54) is 4.31 Å². The summed E-state index contributed by atoms with van der Waals surface area (Å²) in [7, 11) is -2.00. The molecule has 1 atom stereocenters. The van der Waals surface area contributed by atoms with Crippen LogP contribution in [-0.2, 0) is 16.4 Å². The zero-order valence-corrected chi connectivity index (χ0v) is 15.3. The SMILES string of the molecule is COc1ccc(S(=O)(=O)N2c3ccccc3C[C@H]2C)cc1I. The largest absolute Gasteiger partial charge is 0.496 e. The lowest BCUT2D eigenvalue weighted by molar-refractivity contribution is 0.411. The maximum Gasteiger partial charge on any atom is 0.264 e. The van der Waals surface area contributed by atoms with E-state index in [4.69, 9.17) is 4.74 Å². The van der Waals surface area contributed by atoms with Crippen molar-refractivity contribution in [1.29, 1.82) is 0 Å². The van der Waals surface area contributed by atoms with Gasteiger partial charge in [0.05, 0.1) is 21.3 Å². The highest BCUT2D eigenvalue weighted by Gasteiger charge is 2.35. The number of fused-ring (bicyclic) bond motifs is 1. The Kier molecular flexibility index (Phi) is 4.07. The van der Waals surface area contributed by atoms with Crippen LogP contribution in [0.25, 0.3) is 0 Å². The van der Waals surface area contributed by atoms with Crippen molar-refractivity contribution in [2.75, 3.05) is 11.4 Å². The summed E-state index contributed by atoms with van der Waals surface area (Å²) >= 11 is 2.09. The number of ether oxygens (including phenoxy) is 1. The summed E-state index contributed by atoms with van der Waals surface area (Å²) in [6, 6.07) is 12.5. The second-order valence-electron chi connectivity index (χ2n) is 5.28. The first-order valence-corrected chi connectivity index (χ1v) is 9.43. The Morgan fingerprint density at radius 2 is 1.95 bits per heavy atom. The Balaban J connectivity index is 2.09. The van der Waals surface area contributed by atoms with Crippen LogP contribution in [-0.4, -0.2) is 21.6 Å². The van der Waals surface area contributed by atoms with E-state index < -0.39 is 10.0 Å². The lowest BCUT2D eigenvalue weighted by Crippen LogP contribution is -2.35. The first kappa shape index (κ1) is 15.6. The summed E-state index contributed by atoms with van der Waals surface area (Å²) in [5.74, 6) is 0.675. The molecule has 0 unspecified atom stereocenters. The Bertz CT molecular complexity index is 820. The number of anilines is 1. The van der Waals surface area contributed by atoms with E-state index in [-0.39, 0.29) is 6.04 Å². The van der Waals surface area contributed by atoms with Crippen molar-refractivity contribution < 1.29 is 13.2 Å². The van der Waals surface area contributed by atoms with E-state index >= 15 is 0 Å². The predicted octanol–water partition coefficient (Wildman–Crippen LogP) is 3.44. The van der Waals surface area contributed by atoms with Crippen molar-refractivity contribution in [2.24, 2.45) is 0 Å². The molecule has 4 nitrogen and oxygen atoms in total. The van der Waals surface area contributed by atoms with Crippen molar-refractivity contribution in [1.82, 2.24) is 0 Å². The minimum absolute atomic E-state index is 0.0813. The summed E-state index contributed by atoms with van der Waals surface area (Å²) in [5.41, 5.74) is 1.85. The maximum atomic E-state index is 13.0. The van der Waals surface area contributed by atoms with Crippen molar-refractivity contribution in [3.8, 4) is 5.75 Å². The number of sulfonamides is 1. The summed E-state index contributed by atoms with van der Waals surface area (Å²) in [6.45, 7) is 1.94. The minimum Gasteiger partial charge on any atom is -0.496 e. The van der Waals surface area contributed by atoms with Crippen LogP contribution in [0.15, 0.2) is 47.4 Å². The van der Waals surface area contributed by atoms with Crippen molar-refractivity contribution in [3.05, 3.63) is 51.6 Å². The van der Waals surface area contributed by atoms with Gasteiger partial charge in [-0.3, -0.25) is 4.31 Å². The second-order valence-corrected chi connectivity index (χ2v) is 8.26. The topological polar surface area (TPSA) is 46.6 Å². The normalized spacial score (nSPS) is 17.4. The van der Waals surface area contributed by atoms with Gasteiger partial charge in [-0.25, -0.2) is 8.42 Å². The molecule has 6 heteroatoms. The zero-order valence-electron chi connectivity index (χ0n) is 12.3. The Morgan fingerprint density at radius 3 is 2.64 bits per heavy atom. The van der Waals surface area contributed by atoms with Crippen LogP contribution in [0, 0.1) is 3.57 Å². The van der Waals surface area contributed by atoms with E-state index in [1.807, 2.05) is 31.2 Å². The third-order valence-electron chi connectivity index (χ3n) is 3.82. The van der Waals surface area contributed by atoms with E-state index in [9.17, 15) is 8.42 Å². The molecule has 0 aliphatic carbocycles. The number of hydrogen-bond donors (Lipinski definition) is 0. The van der Waals surface area contributed by atoms with Crippen LogP contribution >= 0.6 is 22.6 Å². The molecule has 0 bridgehead atoms. The highest BCUT2D eigenvalue weighted by atomic mass is 127. The van der Waals surface area contributed by atoms with Crippen molar-refractivity contribution in [3.63, 3.8) is 0 Å². The lowest BCUT2D eigenvalue weighted by atomic mass is 10.1. The fraction of sp³-hybridized carbons (Fsp3) is 0.250. The van der Waals surface area contributed by atoms with Crippen molar-refractivity contribution >= 4 is 38.3 Å². The Morgan fingerprint density at radius 1 is 1.23 bits per heavy atom. The molecule has 0 spiro atoms. The molecule has 1 heterocycles. The van der Waals surface area contributed by atoms with Gasteiger partial charge in [-0.2, -0.15) is 0 Å². The molecular weight excluding hydrogens is 413 g/mol. The molecule has 0 fully saturated rings. The summed E-state index contributed by atoms with van der Waals surface area (Å²) < 4.78 is 33.6. The molecule has 0 saturated carbocycles. The fourth-order valence-corrected chi connectivity index (χ4v) is 5.49. The van der Waals surface area contributed by atoms with E-state index in [0.29, 0.717) is 10.6 Å². The molecule has 0 radical (unpaired) electrons. The third kappa shape index (κ3) is 2.48. The fourth-order valence-electron chi connectivity index (χ4n) is 2.82. The lowest BCUT2D eigenvalue weighted by Gasteiger charge is -2.24. The summed E-state index contributed by atoms with van der Waals surface area (Å²) in [6.07, 6.45) is 0.739. The highest BCUT2D eigenvalue weighted by Crippen LogP contribution is 2.37. The van der Waals surface area contributed by atoms with Crippen LogP contribution in [0.2, 0.25) is 0 Å². The quantitative estimate of drug-likeness (QED) is 0.703. The number of hydrogen-bond acceptors (Lipinski definition) is 3. The first-order valence-electron chi connectivity index (χ1n) is 6.91. The zero-order chi connectivity index (χ0) is 15.9. The molecule has 2 aromatic rings. The molecule has 0 amide bonds. The van der Waals surface area contributed by atoms with Gasteiger partial charge < -0.3 is 4.74 Å².